The van der Waals surface area contributed by atoms with Gasteiger partial charge >= 0.3 is 0 Å². The maximum absolute atomic E-state index is 5.73. The molecule has 1 saturated heterocycles. The Morgan fingerprint density at radius 3 is 3.00 bits per heavy atom. The summed E-state index contributed by atoms with van der Waals surface area (Å²) in [6.45, 7) is 3.55. The first-order chi connectivity index (χ1) is 9.29. The molecule has 0 saturated carbocycles. The second-order valence-electron chi connectivity index (χ2n) is 5.31. The van der Waals surface area contributed by atoms with E-state index in [1.54, 1.807) is 0 Å². The lowest BCUT2D eigenvalue weighted by Gasteiger charge is -2.18. The van der Waals surface area contributed by atoms with Gasteiger partial charge in [0.1, 0.15) is 0 Å². The van der Waals surface area contributed by atoms with E-state index in [4.69, 9.17) is 4.74 Å². The molecule has 1 aromatic rings. The first-order valence-corrected chi connectivity index (χ1v) is 7.16. The summed E-state index contributed by atoms with van der Waals surface area (Å²) in [4.78, 5) is 6.84. The summed E-state index contributed by atoms with van der Waals surface area (Å²) in [6, 6.07) is 4.87. The third-order valence-electron chi connectivity index (χ3n) is 3.78. The number of nitrogens with zero attached hydrogens (tertiary/aromatic N) is 2. The molecular weight excluding hydrogens is 238 g/mol. The Hall–Kier alpha value is -0.970. The molecule has 1 aromatic heterocycles. The van der Waals surface area contributed by atoms with Crippen molar-refractivity contribution in [1.82, 2.24) is 15.2 Å². The Balaban J connectivity index is 1.65. The van der Waals surface area contributed by atoms with Crippen LogP contribution in [0.3, 0.4) is 0 Å². The Bertz CT molecular complexity index is 366. The van der Waals surface area contributed by atoms with Crippen molar-refractivity contribution >= 4 is 0 Å². The van der Waals surface area contributed by atoms with E-state index in [9.17, 15) is 0 Å². The molecule has 0 aliphatic carbocycles. The second kappa shape index (κ2) is 7.58. The van der Waals surface area contributed by atoms with E-state index < -0.39 is 0 Å². The lowest BCUT2D eigenvalue weighted by Crippen LogP contribution is -2.26. The Morgan fingerprint density at radius 1 is 1.47 bits per heavy atom. The van der Waals surface area contributed by atoms with E-state index in [1.807, 2.05) is 19.3 Å². The summed E-state index contributed by atoms with van der Waals surface area (Å²) >= 11 is 0. The van der Waals surface area contributed by atoms with E-state index in [0.717, 1.165) is 25.3 Å². The van der Waals surface area contributed by atoms with Crippen molar-refractivity contribution < 1.29 is 4.74 Å². The Morgan fingerprint density at radius 2 is 2.37 bits per heavy atom. The molecule has 0 spiro atoms. The third kappa shape index (κ3) is 4.56. The van der Waals surface area contributed by atoms with Crippen molar-refractivity contribution in [3.63, 3.8) is 0 Å². The average molecular weight is 263 g/mol. The highest BCUT2D eigenvalue weighted by molar-refractivity contribution is 5.13. The zero-order valence-electron chi connectivity index (χ0n) is 12.1. The van der Waals surface area contributed by atoms with Gasteiger partial charge in [-0.15, -0.1) is 0 Å². The van der Waals surface area contributed by atoms with Gasteiger partial charge in [0.05, 0.1) is 12.3 Å². The van der Waals surface area contributed by atoms with Gasteiger partial charge in [0.25, 0.3) is 0 Å². The van der Waals surface area contributed by atoms with E-state index in [-0.39, 0.29) is 0 Å². The van der Waals surface area contributed by atoms with E-state index in [0.29, 0.717) is 12.6 Å². The van der Waals surface area contributed by atoms with Gasteiger partial charge in [-0.1, -0.05) is 6.07 Å². The molecule has 0 bridgehead atoms. The van der Waals surface area contributed by atoms with E-state index in [1.165, 1.54) is 24.9 Å². The van der Waals surface area contributed by atoms with Gasteiger partial charge in [0.15, 0.2) is 0 Å². The maximum Gasteiger partial charge on any atom is 0.0887 e. The number of pyridine rings is 1. The minimum Gasteiger partial charge on any atom is -0.375 e. The van der Waals surface area contributed by atoms with Gasteiger partial charge in [-0.25, -0.2) is 0 Å². The zero-order valence-corrected chi connectivity index (χ0v) is 12.1. The van der Waals surface area contributed by atoms with Crippen molar-refractivity contribution in [2.24, 2.45) is 0 Å². The minimum absolute atomic E-state index is 0.621. The standard InChI is InChI=1S/C15H25N3O/c1-16-10-13-5-6-14(17-11-13)12-19-9-7-15-4-3-8-18(15)2/h5-6,11,15-16H,3-4,7-10,12H2,1-2H3. The number of hydrogen-bond donors (Lipinski definition) is 1. The van der Waals surface area contributed by atoms with Crippen molar-refractivity contribution in [2.45, 2.75) is 38.5 Å². The highest BCUT2D eigenvalue weighted by Gasteiger charge is 2.19. The van der Waals surface area contributed by atoms with Crippen LogP contribution in [0, 0.1) is 0 Å². The molecule has 0 radical (unpaired) electrons. The molecule has 1 aliphatic rings. The van der Waals surface area contributed by atoms with Crippen molar-refractivity contribution in [3.8, 4) is 0 Å². The van der Waals surface area contributed by atoms with Crippen molar-refractivity contribution in [1.29, 1.82) is 0 Å². The second-order valence-corrected chi connectivity index (χ2v) is 5.31. The minimum atomic E-state index is 0.621. The predicted octanol–water partition coefficient (Wildman–Crippen LogP) is 1.80. The molecular formula is C15H25N3O. The van der Waals surface area contributed by atoms with Gasteiger partial charge in [0.2, 0.25) is 0 Å². The number of ether oxygens (including phenoxy) is 1. The molecule has 1 aliphatic heterocycles. The fraction of sp³-hybridized carbons (Fsp3) is 0.667. The number of aromatic nitrogens is 1. The van der Waals surface area contributed by atoms with Crippen molar-refractivity contribution in [2.75, 3.05) is 27.2 Å². The maximum atomic E-state index is 5.73. The Labute approximate surface area is 116 Å². The molecule has 106 valence electrons. The van der Waals surface area contributed by atoms with Crippen LogP contribution < -0.4 is 5.32 Å². The molecule has 2 heterocycles. The normalized spacial score (nSPS) is 20.0. The first-order valence-electron chi connectivity index (χ1n) is 7.16. The largest absolute Gasteiger partial charge is 0.375 e. The van der Waals surface area contributed by atoms with Gasteiger partial charge in [-0.05, 0) is 51.5 Å². The van der Waals surface area contributed by atoms with E-state index in [2.05, 4.69) is 28.3 Å². The van der Waals surface area contributed by atoms with Gasteiger partial charge in [-0.3, -0.25) is 4.98 Å². The quantitative estimate of drug-likeness (QED) is 0.761. The molecule has 4 heteroatoms. The summed E-state index contributed by atoms with van der Waals surface area (Å²) < 4.78 is 5.73. The van der Waals surface area contributed by atoms with Gasteiger partial charge < -0.3 is 15.0 Å². The fourth-order valence-corrected chi connectivity index (χ4v) is 2.59. The number of likely N-dealkylation sites (tertiary alicyclic amines) is 1. The molecule has 1 fully saturated rings. The number of rotatable bonds is 7. The summed E-state index contributed by atoms with van der Waals surface area (Å²) in [5.74, 6) is 0. The highest BCUT2D eigenvalue weighted by Crippen LogP contribution is 2.17. The van der Waals surface area contributed by atoms with Gasteiger partial charge in [0, 0.05) is 25.4 Å². The average Bonchev–Trinajstić information content (AvgIpc) is 2.83. The van der Waals surface area contributed by atoms with Crippen LogP contribution in [0.25, 0.3) is 0 Å². The topological polar surface area (TPSA) is 37.4 Å². The first kappa shape index (κ1) is 14.4. The van der Waals surface area contributed by atoms with Crippen molar-refractivity contribution in [3.05, 3.63) is 29.6 Å². The van der Waals surface area contributed by atoms with Crippen LogP contribution in [0.15, 0.2) is 18.3 Å². The smallest absolute Gasteiger partial charge is 0.0887 e. The lowest BCUT2D eigenvalue weighted by atomic mass is 10.1. The molecule has 2 rings (SSSR count). The zero-order chi connectivity index (χ0) is 13.5. The number of nitrogens with one attached hydrogen (secondary N) is 1. The van der Waals surface area contributed by atoms with Crippen LogP contribution in [-0.2, 0) is 17.9 Å². The van der Waals surface area contributed by atoms with Crippen LogP contribution in [0.4, 0.5) is 0 Å². The molecule has 1 N–H and O–H groups in total. The number of hydrogen-bond acceptors (Lipinski definition) is 4. The summed E-state index contributed by atoms with van der Waals surface area (Å²) in [7, 11) is 4.15. The summed E-state index contributed by atoms with van der Waals surface area (Å²) in [6.07, 6.45) is 5.70. The molecule has 0 amide bonds. The van der Waals surface area contributed by atoms with E-state index >= 15 is 0 Å². The van der Waals surface area contributed by atoms with Crippen LogP contribution in [0.2, 0.25) is 0 Å². The van der Waals surface area contributed by atoms with Crippen LogP contribution in [-0.4, -0.2) is 43.2 Å². The molecule has 1 unspecified atom stereocenters. The monoisotopic (exact) mass is 263 g/mol. The van der Waals surface area contributed by atoms with Crippen LogP contribution in [0.5, 0.6) is 0 Å². The predicted molar refractivity (Wildman–Crippen MR) is 76.9 cm³/mol. The van der Waals surface area contributed by atoms with Gasteiger partial charge in [-0.2, -0.15) is 0 Å². The molecule has 0 aromatic carbocycles. The van der Waals surface area contributed by atoms with Crippen LogP contribution in [0.1, 0.15) is 30.5 Å². The highest BCUT2D eigenvalue weighted by atomic mass is 16.5. The third-order valence-corrected chi connectivity index (χ3v) is 3.78. The fourth-order valence-electron chi connectivity index (χ4n) is 2.59. The Kier molecular flexibility index (Phi) is 5.76. The van der Waals surface area contributed by atoms with Crippen LogP contribution >= 0.6 is 0 Å². The molecule has 4 nitrogen and oxygen atoms in total. The summed E-state index contributed by atoms with van der Waals surface area (Å²) in [5.41, 5.74) is 2.22. The molecule has 1 atom stereocenters. The SMILES string of the molecule is CNCc1ccc(COCCC2CCCN2C)nc1. The molecule has 19 heavy (non-hydrogen) atoms. The lowest BCUT2D eigenvalue weighted by molar-refractivity contribution is 0.0993. The summed E-state index contributed by atoms with van der Waals surface area (Å²) in [5, 5.41) is 3.12.